The van der Waals surface area contributed by atoms with E-state index in [4.69, 9.17) is 5.26 Å². The number of aryl methyl sites for hydroxylation is 1. The molecule has 92 valence electrons. The molecule has 0 aliphatic heterocycles. The molecular formula is C14H10N4S. The Bertz CT molecular complexity index is 785. The number of hydrogen-bond donors (Lipinski definition) is 1. The molecule has 0 saturated heterocycles. The molecule has 0 radical (unpaired) electrons. The molecule has 19 heavy (non-hydrogen) atoms. The Morgan fingerprint density at radius 1 is 1.21 bits per heavy atom. The summed E-state index contributed by atoms with van der Waals surface area (Å²) in [5, 5.41) is 15.3. The van der Waals surface area contributed by atoms with Crippen LogP contribution in [0.1, 0.15) is 11.4 Å². The average molecular weight is 266 g/mol. The average Bonchev–Trinajstić information content (AvgIpc) is 2.85. The van der Waals surface area contributed by atoms with Gasteiger partial charge in [-0.25, -0.2) is 9.97 Å². The summed E-state index contributed by atoms with van der Waals surface area (Å²) in [7, 11) is 0. The van der Waals surface area contributed by atoms with Crippen molar-refractivity contribution in [2.24, 2.45) is 0 Å². The van der Waals surface area contributed by atoms with Crippen molar-refractivity contribution in [3.63, 3.8) is 0 Å². The second-order valence-corrected chi connectivity index (χ2v) is 5.08. The van der Waals surface area contributed by atoms with E-state index in [0.717, 1.165) is 11.4 Å². The third-order valence-corrected chi connectivity index (χ3v) is 3.58. The van der Waals surface area contributed by atoms with Gasteiger partial charge in [0.2, 0.25) is 5.95 Å². The van der Waals surface area contributed by atoms with Crippen molar-refractivity contribution in [1.82, 2.24) is 9.97 Å². The van der Waals surface area contributed by atoms with Gasteiger partial charge in [-0.2, -0.15) is 5.26 Å². The summed E-state index contributed by atoms with van der Waals surface area (Å²) in [5.74, 6) is 0.450. The Kier molecular flexibility index (Phi) is 2.86. The van der Waals surface area contributed by atoms with E-state index in [1.807, 2.05) is 25.1 Å². The Morgan fingerprint density at radius 3 is 2.95 bits per heavy atom. The first-order chi connectivity index (χ1) is 9.24. The topological polar surface area (TPSA) is 61.6 Å². The summed E-state index contributed by atoms with van der Waals surface area (Å²) in [4.78, 5) is 8.41. The summed E-state index contributed by atoms with van der Waals surface area (Å²) < 4.78 is 1.24. The molecule has 2 aromatic heterocycles. The fourth-order valence-corrected chi connectivity index (χ4v) is 2.63. The van der Waals surface area contributed by atoms with Gasteiger partial charge in [0, 0.05) is 16.1 Å². The summed E-state index contributed by atoms with van der Waals surface area (Å²) in [6.07, 6.45) is 0. The molecule has 0 aliphatic rings. The molecule has 0 saturated carbocycles. The summed E-state index contributed by atoms with van der Waals surface area (Å²) in [5.41, 5.74) is 2.05. The molecule has 3 aromatic rings. The van der Waals surface area contributed by atoms with Crippen LogP contribution in [0.4, 0.5) is 11.6 Å². The third kappa shape index (κ3) is 2.39. The number of rotatable bonds is 2. The molecule has 0 atom stereocenters. The van der Waals surface area contributed by atoms with Crippen LogP contribution in [0.3, 0.4) is 0 Å². The molecule has 0 amide bonds. The van der Waals surface area contributed by atoms with Crippen LogP contribution in [0.25, 0.3) is 10.1 Å². The summed E-state index contributed by atoms with van der Waals surface area (Å²) >= 11 is 1.71. The van der Waals surface area contributed by atoms with Crippen LogP contribution in [0.15, 0.2) is 35.7 Å². The SMILES string of the molecule is Cc1cc(C#N)nc(Nc2ccc3sccc3c2)n1. The van der Waals surface area contributed by atoms with E-state index >= 15 is 0 Å². The number of nitrogens with one attached hydrogen (secondary N) is 1. The van der Waals surface area contributed by atoms with Crippen LogP contribution in [0.5, 0.6) is 0 Å². The first kappa shape index (κ1) is 11.6. The van der Waals surface area contributed by atoms with Crippen LogP contribution in [0.2, 0.25) is 0 Å². The van der Waals surface area contributed by atoms with Crippen LogP contribution < -0.4 is 5.32 Å². The molecule has 1 N–H and O–H groups in total. The summed E-state index contributed by atoms with van der Waals surface area (Å²) in [6, 6.07) is 11.8. The molecular weight excluding hydrogens is 256 g/mol. The number of aromatic nitrogens is 2. The highest BCUT2D eigenvalue weighted by Gasteiger charge is 2.03. The first-order valence-electron chi connectivity index (χ1n) is 5.75. The van der Waals surface area contributed by atoms with Crippen LogP contribution >= 0.6 is 11.3 Å². The van der Waals surface area contributed by atoms with Gasteiger partial charge in [-0.15, -0.1) is 11.3 Å². The van der Waals surface area contributed by atoms with Gasteiger partial charge < -0.3 is 5.32 Å². The van der Waals surface area contributed by atoms with Crippen LogP contribution in [-0.2, 0) is 0 Å². The quantitative estimate of drug-likeness (QED) is 0.769. The monoisotopic (exact) mass is 266 g/mol. The Labute approximate surface area is 114 Å². The normalized spacial score (nSPS) is 10.3. The molecule has 0 spiro atoms. The van der Waals surface area contributed by atoms with Crippen molar-refractivity contribution in [2.75, 3.05) is 5.32 Å². The van der Waals surface area contributed by atoms with Gasteiger partial charge in [-0.1, -0.05) is 0 Å². The highest BCUT2D eigenvalue weighted by molar-refractivity contribution is 7.17. The van der Waals surface area contributed by atoms with Crippen molar-refractivity contribution >= 4 is 33.1 Å². The van der Waals surface area contributed by atoms with Crippen molar-refractivity contribution in [1.29, 1.82) is 5.26 Å². The molecule has 5 heteroatoms. The standard InChI is InChI=1S/C14H10N4S/c1-9-6-12(8-15)18-14(16-9)17-11-2-3-13-10(7-11)4-5-19-13/h2-7H,1H3,(H,16,17,18). The maximum atomic E-state index is 8.90. The number of nitriles is 1. The van der Waals surface area contributed by atoms with Gasteiger partial charge in [0.05, 0.1) is 0 Å². The van der Waals surface area contributed by atoms with Gasteiger partial charge in [-0.05, 0) is 48.0 Å². The van der Waals surface area contributed by atoms with Crippen molar-refractivity contribution in [2.45, 2.75) is 6.92 Å². The molecule has 3 rings (SSSR count). The maximum Gasteiger partial charge on any atom is 0.228 e. The smallest absolute Gasteiger partial charge is 0.228 e. The Balaban J connectivity index is 1.96. The maximum absolute atomic E-state index is 8.90. The number of nitrogens with zero attached hydrogens (tertiary/aromatic N) is 3. The van der Waals surface area contributed by atoms with Gasteiger partial charge in [0.25, 0.3) is 0 Å². The Morgan fingerprint density at radius 2 is 2.11 bits per heavy atom. The van der Waals surface area contributed by atoms with E-state index < -0.39 is 0 Å². The highest BCUT2D eigenvalue weighted by atomic mass is 32.1. The number of fused-ring (bicyclic) bond motifs is 1. The van der Waals surface area contributed by atoms with E-state index in [2.05, 4.69) is 32.8 Å². The van der Waals surface area contributed by atoms with Gasteiger partial charge in [0.1, 0.15) is 11.8 Å². The minimum Gasteiger partial charge on any atom is -0.324 e. The zero-order valence-electron chi connectivity index (χ0n) is 10.2. The minimum absolute atomic E-state index is 0.367. The predicted molar refractivity (Wildman–Crippen MR) is 76.6 cm³/mol. The highest BCUT2D eigenvalue weighted by Crippen LogP contribution is 2.25. The van der Waals surface area contributed by atoms with Crippen molar-refractivity contribution < 1.29 is 0 Å². The second-order valence-electron chi connectivity index (χ2n) is 4.13. The van der Waals surface area contributed by atoms with Gasteiger partial charge in [0.15, 0.2) is 0 Å². The van der Waals surface area contributed by atoms with Gasteiger partial charge in [-0.3, -0.25) is 0 Å². The molecule has 0 aliphatic carbocycles. The van der Waals surface area contributed by atoms with Crippen LogP contribution in [0, 0.1) is 18.3 Å². The van der Waals surface area contributed by atoms with E-state index in [0.29, 0.717) is 11.6 Å². The lowest BCUT2D eigenvalue weighted by molar-refractivity contribution is 1.09. The number of thiophene rings is 1. The number of benzene rings is 1. The molecule has 0 bridgehead atoms. The first-order valence-corrected chi connectivity index (χ1v) is 6.62. The lowest BCUT2D eigenvalue weighted by Crippen LogP contribution is -2.00. The zero-order valence-corrected chi connectivity index (χ0v) is 11.0. The lowest BCUT2D eigenvalue weighted by atomic mass is 10.2. The lowest BCUT2D eigenvalue weighted by Gasteiger charge is -2.05. The second kappa shape index (κ2) is 4.67. The predicted octanol–water partition coefficient (Wildman–Crippen LogP) is 3.62. The molecule has 0 fully saturated rings. The van der Waals surface area contributed by atoms with E-state index in [9.17, 15) is 0 Å². The number of anilines is 2. The molecule has 0 unspecified atom stereocenters. The van der Waals surface area contributed by atoms with Crippen molar-refractivity contribution in [3.05, 3.63) is 47.1 Å². The molecule has 1 aromatic carbocycles. The third-order valence-electron chi connectivity index (χ3n) is 2.68. The number of hydrogen-bond acceptors (Lipinski definition) is 5. The fraction of sp³-hybridized carbons (Fsp3) is 0.0714. The van der Waals surface area contributed by atoms with Crippen LogP contribution in [-0.4, -0.2) is 9.97 Å². The largest absolute Gasteiger partial charge is 0.324 e. The van der Waals surface area contributed by atoms with E-state index in [-0.39, 0.29) is 0 Å². The van der Waals surface area contributed by atoms with Gasteiger partial charge >= 0.3 is 0 Å². The molecule has 2 heterocycles. The Hall–Kier alpha value is -2.45. The van der Waals surface area contributed by atoms with Crippen molar-refractivity contribution in [3.8, 4) is 6.07 Å². The minimum atomic E-state index is 0.367. The summed E-state index contributed by atoms with van der Waals surface area (Å²) in [6.45, 7) is 1.84. The van der Waals surface area contributed by atoms with E-state index in [1.165, 1.54) is 10.1 Å². The van der Waals surface area contributed by atoms with E-state index in [1.54, 1.807) is 17.4 Å². The zero-order chi connectivity index (χ0) is 13.2. The fourth-order valence-electron chi connectivity index (χ4n) is 1.86. The molecule has 4 nitrogen and oxygen atoms in total.